The van der Waals surface area contributed by atoms with Crippen LogP contribution in [0.15, 0.2) is 6.07 Å². The minimum Gasteiger partial charge on any atom is -0.392 e. The number of likely N-dealkylation sites (tertiary alicyclic amines) is 1. The highest BCUT2D eigenvalue weighted by Gasteiger charge is 2.21. The number of hydrogen-bond acceptors (Lipinski definition) is 3. The molecule has 4 heteroatoms. The Balaban J connectivity index is 2.00. The van der Waals surface area contributed by atoms with Gasteiger partial charge in [0.1, 0.15) is 0 Å². The number of aromatic nitrogens is 2. The molecule has 15 heavy (non-hydrogen) atoms. The number of rotatable bonds is 3. The molecule has 0 aliphatic carbocycles. The maximum atomic E-state index is 9.43. The zero-order valence-electron chi connectivity index (χ0n) is 9.48. The maximum Gasteiger partial charge on any atom is 0.0679 e. The Hall–Kier alpha value is -0.870. The van der Waals surface area contributed by atoms with Crippen molar-refractivity contribution < 1.29 is 5.11 Å². The fraction of sp³-hybridized carbons (Fsp3) is 0.727. The standard InChI is InChI=1S/C11H19N3O/c1-3-9-6-10(13(2)12-9)7-14-5-4-11(15)8-14/h6,11,15H,3-5,7-8H2,1-2H3. The van der Waals surface area contributed by atoms with E-state index in [0.717, 1.165) is 38.2 Å². The first kappa shape index (κ1) is 10.6. The van der Waals surface area contributed by atoms with Gasteiger partial charge >= 0.3 is 0 Å². The summed E-state index contributed by atoms with van der Waals surface area (Å²) >= 11 is 0. The van der Waals surface area contributed by atoms with E-state index in [1.54, 1.807) is 0 Å². The van der Waals surface area contributed by atoms with Gasteiger partial charge in [-0.15, -0.1) is 0 Å². The Kier molecular flexibility index (Phi) is 3.07. The number of hydrogen-bond donors (Lipinski definition) is 1. The van der Waals surface area contributed by atoms with Crippen molar-refractivity contribution in [2.24, 2.45) is 7.05 Å². The van der Waals surface area contributed by atoms with Crippen molar-refractivity contribution in [3.63, 3.8) is 0 Å². The van der Waals surface area contributed by atoms with Gasteiger partial charge < -0.3 is 5.11 Å². The number of aliphatic hydroxyl groups excluding tert-OH is 1. The monoisotopic (exact) mass is 209 g/mol. The van der Waals surface area contributed by atoms with Crippen molar-refractivity contribution in [1.82, 2.24) is 14.7 Å². The van der Waals surface area contributed by atoms with Crippen LogP contribution in [-0.2, 0) is 20.0 Å². The summed E-state index contributed by atoms with van der Waals surface area (Å²) in [5, 5.41) is 13.9. The molecule has 0 bridgehead atoms. The van der Waals surface area contributed by atoms with Gasteiger partial charge in [0.05, 0.1) is 17.5 Å². The van der Waals surface area contributed by atoms with Crippen molar-refractivity contribution in [3.05, 3.63) is 17.5 Å². The van der Waals surface area contributed by atoms with Crippen LogP contribution in [0.25, 0.3) is 0 Å². The van der Waals surface area contributed by atoms with Crippen molar-refractivity contribution in [1.29, 1.82) is 0 Å². The molecular weight excluding hydrogens is 190 g/mol. The van der Waals surface area contributed by atoms with Gasteiger partial charge in [-0.05, 0) is 18.9 Å². The third-order valence-corrected chi connectivity index (χ3v) is 3.02. The fourth-order valence-corrected chi connectivity index (χ4v) is 2.08. The average Bonchev–Trinajstić information content (AvgIpc) is 2.75. The quantitative estimate of drug-likeness (QED) is 0.790. The first-order valence-corrected chi connectivity index (χ1v) is 5.61. The largest absolute Gasteiger partial charge is 0.392 e. The van der Waals surface area contributed by atoms with E-state index < -0.39 is 0 Å². The normalized spacial score (nSPS) is 22.5. The molecule has 1 N–H and O–H groups in total. The van der Waals surface area contributed by atoms with Gasteiger partial charge in [-0.1, -0.05) is 6.92 Å². The molecule has 1 aromatic heterocycles. The molecule has 0 amide bonds. The number of aryl methyl sites for hydroxylation is 2. The molecule has 2 rings (SSSR count). The predicted octanol–water partition coefficient (Wildman–Crippen LogP) is 0.549. The summed E-state index contributed by atoms with van der Waals surface area (Å²) in [5.74, 6) is 0. The van der Waals surface area contributed by atoms with Crippen molar-refractivity contribution in [2.45, 2.75) is 32.4 Å². The summed E-state index contributed by atoms with van der Waals surface area (Å²) in [6, 6.07) is 2.16. The van der Waals surface area contributed by atoms with E-state index in [0.29, 0.717) is 0 Å². The number of β-amino-alcohol motifs (C(OH)–C–C–N with tert-alkyl or cyclic N) is 1. The van der Waals surface area contributed by atoms with Crippen LogP contribution in [0.4, 0.5) is 0 Å². The predicted molar refractivity (Wildman–Crippen MR) is 58.5 cm³/mol. The van der Waals surface area contributed by atoms with Crippen LogP contribution < -0.4 is 0 Å². The second-order valence-electron chi connectivity index (χ2n) is 4.28. The first-order valence-electron chi connectivity index (χ1n) is 5.61. The molecule has 1 aliphatic rings. The Morgan fingerprint density at radius 2 is 2.40 bits per heavy atom. The summed E-state index contributed by atoms with van der Waals surface area (Å²) in [7, 11) is 1.99. The lowest BCUT2D eigenvalue weighted by Crippen LogP contribution is -2.22. The summed E-state index contributed by atoms with van der Waals surface area (Å²) in [4.78, 5) is 2.28. The second-order valence-corrected chi connectivity index (χ2v) is 4.28. The van der Waals surface area contributed by atoms with E-state index in [1.165, 1.54) is 5.69 Å². The Labute approximate surface area is 90.5 Å². The van der Waals surface area contributed by atoms with Crippen LogP contribution in [0.2, 0.25) is 0 Å². The molecule has 84 valence electrons. The first-order chi connectivity index (χ1) is 7.19. The van der Waals surface area contributed by atoms with Crippen molar-refractivity contribution in [3.8, 4) is 0 Å². The van der Waals surface area contributed by atoms with E-state index in [4.69, 9.17) is 0 Å². The molecule has 1 unspecified atom stereocenters. The highest BCUT2D eigenvalue weighted by Crippen LogP contribution is 2.13. The molecule has 0 radical (unpaired) electrons. The molecule has 1 fully saturated rings. The van der Waals surface area contributed by atoms with Crippen LogP contribution in [0.5, 0.6) is 0 Å². The molecule has 1 aromatic rings. The summed E-state index contributed by atoms with van der Waals surface area (Å²) < 4.78 is 1.95. The summed E-state index contributed by atoms with van der Waals surface area (Å²) in [6.07, 6.45) is 1.75. The molecule has 1 aliphatic heterocycles. The molecule has 4 nitrogen and oxygen atoms in total. The van der Waals surface area contributed by atoms with Gasteiger partial charge in [-0.2, -0.15) is 5.10 Å². The van der Waals surface area contributed by atoms with Gasteiger partial charge in [-0.3, -0.25) is 9.58 Å². The molecule has 0 saturated carbocycles. The minimum absolute atomic E-state index is 0.135. The molecule has 0 spiro atoms. The van der Waals surface area contributed by atoms with Crippen molar-refractivity contribution >= 4 is 0 Å². The van der Waals surface area contributed by atoms with Gasteiger partial charge in [0.2, 0.25) is 0 Å². The van der Waals surface area contributed by atoms with E-state index in [2.05, 4.69) is 23.0 Å². The highest BCUT2D eigenvalue weighted by atomic mass is 16.3. The van der Waals surface area contributed by atoms with E-state index >= 15 is 0 Å². The summed E-state index contributed by atoms with van der Waals surface area (Å²) in [5.41, 5.74) is 2.38. The van der Waals surface area contributed by atoms with Crippen LogP contribution in [0.3, 0.4) is 0 Å². The second kappa shape index (κ2) is 4.33. The third-order valence-electron chi connectivity index (χ3n) is 3.02. The zero-order valence-corrected chi connectivity index (χ0v) is 9.48. The Morgan fingerprint density at radius 3 is 2.93 bits per heavy atom. The van der Waals surface area contributed by atoms with Gasteiger partial charge in [-0.25, -0.2) is 0 Å². The number of nitrogens with zero attached hydrogens (tertiary/aromatic N) is 3. The Morgan fingerprint density at radius 1 is 1.60 bits per heavy atom. The molecule has 2 heterocycles. The van der Waals surface area contributed by atoms with Gasteiger partial charge in [0.25, 0.3) is 0 Å². The topological polar surface area (TPSA) is 41.3 Å². The lowest BCUT2D eigenvalue weighted by Gasteiger charge is -2.14. The van der Waals surface area contributed by atoms with Crippen LogP contribution in [0, 0.1) is 0 Å². The maximum absolute atomic E-state index is 9.43. The Bertz CT molecular complexity index is 335. The van der Waals surface area contributed by atoms with Gasteiger partial charge in [0, 0.05) is 26.7 Å². The van der Waals surface area contributed by atoms with Gasteiger partial charge in [0.15, 0.2) is 0 Å². The average molecular weight is 209 g/mol. The lowest BCUT2D eigenvalue weighted by molar-refractivity contribution is 0.174. The molecular formula is C11H19N3O. The van der Waals surface area contributed by atoms with E-state index in [1.807, 2.05) is 11.7 Å². The lowest BCUT2D eigenvalue weighted by atomic mass is 10.3. The third kappa shape index (κ3) is 2.38. The molecule has 0 aromatic carbocycles. The molecule has 1 atom stereocenters. The zero-order chi connectivity index (χ0) is 10.8. The minimum atomic E-state index is -0.135. The smallest absolute Gasteiger partial charge is 0.0679 e. The van der Waals surface area contributed by atoms with Crippen LogP contribution in [-0.4, -0.2) is 39.0 Å². The van der Waals surface area contributed by atoms with Crippen molar-refractivity contribution in [2.75, 3.05) is 13.1 Å². The molecule has 1 saturated heterocycles. The number of aliphatic hydroxyl groups is 1. The van der Waals surface area contributed by atoms with E-state index in [9.17, 15) is 5.11 Å². The highest BCUT2D eigenvalue weighted by molar-refractivity contribution is 5.10. The fourth-order valence-electron chi connectivity index (χ4n) is 2.08. The summed E-state index contributed by atoms with van der Waals surface area (Å²) in [6.45, 7) is 4.81. The van der Waals surface area contributed by atoms with Crippen LogP contribution >= 0.6 is 0 Å². The van der Waals surface area contributed by atoms with Crippen LogP contribution in [0.1, 0.15) is 24.7 Å². The SMILES string of the molecule is CCc1cc(CN2CCC(O)C2)n(C)n1. The van der Waals surface area contributed by atoms with E-state index in [-0.39, 0.29) is 6.10 Å².